The van der Waals surface area contributed by atoms with E-state index in [9.17, 15) is 9.90 Å². The normalized spacial score (nSPS) is 17.3. The lowest BCUT2D eigenvalue weighted by molar-refractivity contribution is -0.125. The smallest absolute Gasteiger partial charge is 0.229 e. The number of rotatable bonds is 4. The molecule has 1 aromatic carbocycles. The number of nitrogens with one attached hydrogen (secondary N) is 1. The summed E-state index contributed by atoms with van der Waals surface area (Å²) in [7, 11) is 0. The van der Waals surface area contributed by atoms with Crippen LogP contribution >= 0.6 is 0 Å². The van der Waals surface area contributed by atoms with Crippen LogP contribution in [0.1, 0.15) is 13.3 Å². The Labute approximate surface area is 101 Å². The summed E-state index contributed by atoms with van der Waals surface area (Å²) < 4.78 is 0. The van der Waals surface area contributed by atoms with Gasteiger partial charge >= 0.3 is 0 Å². The molecule has 0 saturated carbocycles. The molecule has 0 unspecified atom stereocenters. The van der Waals surface area contributed by atoms with Gasteiger partial charge in [0.2, 0.25) is 5.91 Å². The van der Waals surface area contributed by atoms with E-state index >= 15 is 0 Å². The first kappa shape index (κ1) is 12.1. The number of carbonyl (C=O) groups is 1. The fraction of sp³-hybridized carbons (Fsp3) is 0.462. The maximum atomic E-state index is 12.1. The van der Waals surface area contributed by atoms with Crippen LogP contribution in [0.2, 0.25) is 0 Å². The van der Waals surface area contributed by atoms with Gasteiger partial charge in [0.1, 0.15) is 0 Å². The molecule has 1 aliphatic rings. The SMILES string of the molecule is CCN(C(=O)CC1(O)CNC1)c1ccccc1. The monoisotopic (exact) mass is 234 g/mol. The number of hydrogen-bond acceptors (Lipinski definition) is 3. The van der Waals surface area contributed by atoms with Gasteiger partial charge in [-0.05, 0) is 19.1 Å². The Bertz CT molecular complexity index is 388. The predicted molar refractivity (Wildman–Crippen MR) is 66.9 cm³/mol. The first-order valence-electron chi connectivity index (χ1n) is 5.93. The summed E-state index contributed by atoms with van der Waals surface area (Å²) in [5.74, 6) is -0.0253. The van der Waals surface area contributed by atoms with Gasteiger partial charge in [-0.1, -0.05) is 18.2 Å². The molecule has 1 saturated heterocycles. The molecular formula is C13H18N2O2. The van der Waals surface area contributed by atoms with E-state index in [-0.39, 0.29) is 12.3 Å². The van der Waals surface area contributed by atoms with Crippen LogP contribution < -0.4 is 10.2 Å². The summed E-state index contributed by atoms with van der Waals surface area (Å²) in [5, 5.41) is 12.9. The highest BCUT2D eigenvalue weighted by Gasteiger charge is 2.37. The fourth-order valence-corrected chi connectivity index (χ4v) is 2.03. The van der Waals surface area contributed by atoms with Crippen molar-refractivity contribution in [3.05, 3.63) is 30.3 Å². The van der Waals surface area contributed by atoms with Crippen molar-refractivity contribution in [2.24, 2.45) is 0 Å². The Kier molecular flexibility index (Phi) is 3.45. The van der Waals surface area contributed by atoms with Gasteiger partial charge in [0.25, 0.3) is 0 Å². The molecule has 0 aromatic heterocycles. The highest BCUT2D eigenvalue weighted by atomic mass is 16.3. The van der Waals surface area contributed by atoms with Crippen molar-refractivity contribution in [3.8, 4) is 0 Å². The van der Waals surface area contributed by atoms with E-state index in [2.05, 4.69) is 5.32 Å². The van der Waals surface area contributed by atoms with Crippen LogP contribution in [0, 0.1) is 0 Å². The Hall–Kier alpha value is -1.39. The molecule has 0 spiro atoms. The minimum Gasteiger partial charge on any atom is -0.387 e. The summed E-state index contributed by atoms with van der Waals surface area (Å²) in [5.41, 5.74) is 0.0371. The molecule has 1 heterocycles. The van der Waals surface area contributed by atoms with Crippen molar-refractivity contribution in [1.29, 1.82) is 0 Å². The molecule has 0 atom stereocenters. The van der Waals surface area contributed by atoms with E-state index in [0.717, 1.165) is 5.69 Å². The molecule has 1 aliphatic heterocycles. The van der Waals surface area contributed by atoms with Crippen LogP contribution in [-0.2, 0) is 4.79 Å². The number of amides is 1. The van der Waals surface area contributed by atoms with Crippen molar-refractivity contribution in [3.63, 3.8) is 0 Å². The standard InChI is InChI=1S/C13H18N2O2/c1-2-15(11-6-4-3-5-7-11)12(16)8-13(17)9-14-10-13/h3-7,14,17H,2,8-10H2,1H3. The Balaban J connectivity index is 2.05. The van der Waals surface area contributed by atoms with Crippen LogP contribution in [0.25, 0.3) is 0 Å². The molecule has 0 aliphatic carbocycles. The van der Waals surface area contributed by atoms with Crippen molar-refractivity contribution in [1.82, 2.24) is 5.32 Å². The number of β-amino-alcohol motifs (C(OH)–C–C–N with tert-alkyl or cyclic N) is 1. The number of para-hydroxylation sites is 1. The zero-order chi connectivity index (χ0) is 12.3. The van der Waals surface area contributed by atoms with Gasteiger partial charge in [0.05, 0.1) is 12.0 Å². The maximum absolute atomic E-state index is 12.1. The summed E-state index contributed by atoms with van der Waals surface area (Å²) >= 11 is 0. The molecule has 2 N–H and O–H groups in total. The lowest BCUT2D eigenvalue weighted by Crippen LogP contribution is -2.61. The second kappa shape index (κ2) is 4.85. The number of hydrogen-bond donors (Lipinski definition) is 2. The van der Waals surface area contributed by atoms with E-state index in [4.69, 9.17) is 0 Å². The van der Waals surface area contributed by atoms with E-state index in [1.54, 1.807) is 4.90 Å². The number of anilines is 1. The average molecular weight is 234 g/mol. The molecular weight excluding hydrogens is 216 g/mol. The lowest BCUT2D eigenvalue weighted by atomic mass is 9.92. The van der Waals surface area contributed by atoms with Crippen LogP contribution in [0.5, 0.6) is 0 Å². The van der Waals surface area contributed by atoms with Crippen molar-refractivity contribution in [2.45, 2.75) is 18.9 Å². The summed E-state index contributed by atoms with van der Waals surface area (Å²) in [6.07, 6.45) is 0.183. The van der Waals surface area contributed by atoms with Crippen LogP contribution in [0.3, 0.4) is 0 Å². The van der Waals surface area contributed by atoms with Crippen LogP contribution in [0.15, 0.2) is 30.3 Å². The van der Waals surface area contributed by atoms with Gasteiger partial charge in [-0.3, -0.25) is 4.79 Å². The highest BCUT2D eigenvalue weighted by Crippen LogP contribution is 2.20. The molecule has 0 radical (unpaired) electrons. The van der Waals surface area contributed by atoms with Gasteiger partial charge in [0.15, 0.2) is 0 Å². The number of nitrogens with zero attached hydrogens (tertiary/aromatic N) is 1. The summed E-state index contributed by atoms with van der Waals surface area (Å²) in [6.45, 7) is 3.57. The van der Waals surface area contributed by atoms with Crippen molar-refractivity contribution in [2.75, 3.05) is 24.5 Å². The third kappa shape index (κ3) is 2.65. The molecule has 2 rings (SSSR count). The predicted octanol–water partition coefficient (Wildman–Crippen LogP) is 0.764. The average Bonchev–Trinajstić information content (AvgIpc) is 2.29. The second-order valence-electron chi connectivity index (χ2n) is 4.48. The number of carbonyl (C=O) groups excluding carboxylic acids is 1. The highest BCUT2D eigenvalue weighted by molar-refractivity contribution is 5.94. The third-order valence-electron chi connectivity index (χ3n) is 3.07. The van der Waals surface area contributed by atoms with Gasteiger partial charge in [-0.2, -0.15) is 0 Å². The first-order chi connectivity index (χ1) is 8.14. The number of benzene rings is 1. The van der Waals surface area contributed by atoms with Gasteiger partial charge in [0, 0.05) is 25.3 Å². The van der Waals surface area contributed by atoms with Crippen molar-refractivity contribution >= 4 is 11.6 Å². The van der Waals surface area contributed by atoms with Gasteiger partial charge in [-0.25, -0.2) is 0 Å². The van der Waals surface area contributed by atoms with Gasteiger partial charge < -0.3 is 15.3 Å². The molecule has 1 fully saturated rings. The maximum Gasteiger partial charge on any atom is 0.229 e. The van der Waals surface area contributed by atoms with E-state index in [1.165, 1.54) is 0 Å². The Morgan fingerprint density at radius 3 is 2.53 bits per heavy atom. The Morgan fingerprint density at radius 2 is 2.06 bits per heavy atom. The summed E-state index contributed by atoms with van der Waals surface area (Å²) in [4.78, 5) is 13.8. The minimum absolute atomic E-state index is 0.0253. The topological polar surface area (TPSA) is 52.6 Å². The van der Waals surface area contributed by atoms with Crippen molar-refractivity contribution < 1.29 is 9.90 Å². The quantitative estimate of drug-likeness (QED) is 0.809. The van der Waals surface area contributed by atoms with E-state index in [1.807, 2.05) is 37.3 Å². The third-order valence-corrected chi connectivity index (χ3v) is 3.07. The number of aliphatic hydroxyl groups is 1. The largest absolute Gasteiger partial charge is 0.387 e. The minimum atomic E-state index is -0.848. The fourth-order valence-electron chi connectivity index (χ4n) is 2.03. The van der Waals surface area contributed by atoms with Gasteiger partial charge in [-0.15, -0.1) is 0 Å². The molecule has 4 nitrogen and oxygen atoms in total. The zero-order valence-electron chi connectivity index (χ0n) is 10.0. The van der Waals surface area contributed by atoms with Crippen LogP contribution in [0.4, 0.5) is 5.69 Å². The Morgan fingerprint density at radius 1 is 1.41 bits per heavy atom. The zero-order valence-corrected chi connectivity index (χ0v) is 10.0. The molecule has 17 heavy (non-hydrogen) atoms. The summed E-state index contributed by atoms with van der Waals surface area (Å²) in [6, 6.07) is 9.55. The molecule has 4 heteroatoms. The first-order valence-corrected chi connectivity index (χ1v) is 5.93. The molecule has 92 valence electrons. The molecule has 1 amide bonds. The van der Waals surface area contributed by atoms with Crippen LogP contribution in [-0.4, -0.2) is 36.2 Å². The lowest BCUT2D eigenvalue weighted by Gasteiger charge is -2.38. The molecule has 1 aromatic rings. The molecule has 0 bridgehead atoms. The van der Waals surface area contributed by atoms with E-state index < -0.39 is 5.60 Å². The second-order valence-corrected chi connectivity index (χ2v) is 4.48. The van der Waals surface area contributed by atoms with E-state index in [0.29, 0.717) is 19.6 Å².